The maximum absolute atomic E-state index is 12.1. The Balaban J connectivity index is 1.65. The molecule has 3 fully saturated rings. The zero-order valence-electron chi connectivity index (χ0n) is 14.6. The SMILES string of the molecule is CC(=O)[C@H]1CCC2[C@@H]3CCC4C=CCC[C@]4(C)C3CC[C@@]21C. The van der Waals surface area contributed by atoms with E-state index < -0.39 is 0 Å². The first-order chi connectivity index (χ1) is 10.5. The van der Waals surface area contributed by atoms with Crippen LogP contribution in [0.15, 0.2) is 12.2 Å². The van der Waals surface area contributed by atoms with Gasteiger partial charge in [-0.2, -0.15) is 0 Å². The smallest absolute Gasteiger partial charge is 0.133 e. The minimum absolute atomic E-state index is 0.320. The van der Waals surface area contributed by atoms with Crippen LogP contribution in [0.25, 0.3) is 0 Å². The summed E-state index contributed by atoms with van der Waals surface area (Å²) in [6, 6.07) is 0. The van der Waals surface area contributed by atoms with E-state index >= 15 is 0 Å². The molecule has 0 aliphatic heterocycles. The molecule has 3 saturated carbocycles. The van der Waals surface area contributed by atoms with Crippen LogP contribution in [-0.2, 0) is 4.79 Å². The molecule has 4 rings (SSSR count). The van der Waals surface area contributed by atoms with Crippen LogP contribution in [-0.4, -0.2) is 5.78 Å². The van der Waals surface area contributed by atoms with E-state index in [2.05, 4.69) is 26.0 Å². The summed E-state index contributed by atoms with van der Waals surface area (Å²) in [4.78, 5) is 12.1. The molecule has 3 unspecified atom stereocenters. The van der Waals surface area contributed by atoms with Gasteiger partial charge < -0.3 is 0 Å². The fraction of sp³-hybridized carbons (Fsp3) is 0.857. The van der Waals surface area contributed by atoms with Crippen molar-refractivity contribution >= 4 is 5.78 Å². The molecule has 7 atom stereocenters. The zero-order valence-corrected chi connectivity index (χ0v) is 14.6. The van der Waals surface area contributed by atoms with Gasteiger partial charge >= 0.3 is 0 Å². The molecular weight excluding hydrogens is 268 g/mol. The maximum atomic E-state index is 12.1. The van der Waals surface area contributed by atoms with Gasteiger partial charge in [-0.05, 0) is 92.8 Å². The Morgan fingerprint density at radius 2 is 1.73 bits per heavy atom. The zero-order chi connectivity index (χ0) is 15.5. The predicted molar refractivity (Wildman–Crippen MR) is 90.4 cm³/mol. The second kappa shape index (κ2) is 4.95. The molecule has 0 N–H and O–H groups in total. The van der Waals surface area contributed by atoms with Gasteiger partial charge in [-0.15, -0.1) is 0 Å². The van der Waals surface area contributed by atoms with Crippen molar-refractivity contribution in [3.05, 3.63) is 12.2 Å². The lowest BCUT2D eigenvalue weighted by Gasteiger charge is -2.59. The highest BCUT2D eigenvalue weighted by Gasteiger charge is 2.59. The summed E-state index contributed by atoms with van der Waals surface area (Å²) in [6.07, 6.45) is 15.6. The van der Waals surface area contributed by atoms with Crippen LogP contribution in [0.3, 0.4) is 0 Å². The van der Waals surface area contributed by atoms with Crippen molar-refractivity contribution in [2.24, 2.45) is 40.4 Å². The fourth-order valence-corrected chi connectivity index (χ4v) is 7.49. The highest BCUT2D eigenvalue weighted by Crippen LogP contribution is 2.66. The van der Waals surface area contributed by atoms with Gasteiger partial charge in [0.15, 0.2) is 0 Å². The second-order valence-electron chi connectivity index (χ2n) is 9.32. The predicted octanol–water partition coefficient (Wildman–Crippen LogP) is 5.40. The summed E-state index contributed by atoms with van der Waals surface area (Å²) in [5.41, 5.74) is 0.869. The number of hydrogen-bond acceptors (Lipinski definition) is 1. The molecule has 0 spiro atoms. The van der Waals surface area contributed by atoms with Gasteiger partial charge in [0.25, 0.3) is 0 Å². The minimum Gasteiger partial charge on any atom is -0.300 e. The highest BCUT2D eigenvalue weighted by atomic mass is 16.1. The Bertz CT molecular complexity index is 506. The van der Waals surface area contributed by atoms with Crippen LogP contribution in [0, 0.1) is 40.4 Å². The monoisotopic (exact) mass is 300 g/mol. The third kappa shape index (κ3) is 1.86. The quantitative estimate of drug-likeness (QED) is 0.592. The molecule has 1 nitrogen and oxygen atoms in total. The Morgan fingerprint density at radius 1 is 0.955 bits per heavy atom. The molecule has 0 aromatic carbocycles. The summed E-state index contributed by atoms with van der Waals surface area (Å²) in [5.74, 6) is 4.29. The third-order valence-corrected chi connectivity index (χ3v) is 8.65. The normalized spacial score (nSPS) is 53.5. The lowest BCUT2D eigenvalue weighted by atomic mass is 9.45. The van der Waals surface area contributed by atoms with Gasteiger partial charge in [0.1, 0.15) is 5.78 Å². The average molecular weight is 300 g/mol. The van der Waals surface area contributed by atoms with Crippen molar-refractivity contribution in [2.45, 2.75) is 72.1 Å². The first-order valence-corrected chi connectivity index (χ1v) is 9.64. The molecule has 22 heavy (non-hydrogen) atoms. The number of hydrogen-bond donors (Lipinski definition) is 0. The Labute approximate surface area is 135 Å². The van der Waals surface area contributed by atoms with E-state index in [0.29, 0.717) is 22.5 Å². The lowest BCUT2D eigenvalue weighted by Crippen LogP contribution is -2.52. The molecule has 0 aromatic rings. The van der Waals surface area contributed by atoms with Gasteiger partial charge in [-0.1, -0.05) is 26.0 Å². The van der Waals surface area contributed by atoms with Crippen molar-refractivity contribution < 1.29 is 4.79 Å². The van der Waals surface area contributed by atoms with E-state index in [1.54, 1.807) is 0 Å². The summed E-state index contributed by atoms with van der Waals surface area (Å²) in [5, 5.41) is 0. The van der Waals surface area contributed by atoms with Crippen molar-refractivity contribution in [1.82, 2.24) is 0 Å². The number of allylic oxidation sites excluding steroid dienone is 2. The maximum Gasteiger partial charge on any atom is 0.133 e. The molecule has 4 aliphatic rings. The summed E-state index contributed by atoms with van der Waals surface area (Å²) < 4.78 is 0. The molecule has 0 bridgehead atoms. The molecule has 1 heteroatoms. The number of fused-ring (bicyclic) bond motifs is 5. The van der Waals surface area contributed by atoms with Gasteiger partial charge in [0.05, 0.1) is 0 Å². The molecule has 0 radical (unpaired) electrons. The molecule has 0 aromatic heterocycles. The number of ketones is 1. The standard InChI is InChI=1S/C21H32O/c1-14(22)17-9-10-18-16-8-7-15-6-4-5-12-20(15,2)19(16)11-13-21(17,18)3/h4,6,15-19H,5,7-13H2,1-3H3/t15?,16-,17+,18?,19?,20-,21+/m0/s1. The largest absolute Gasteiger partial charge is 0.300 e. The average Bonchev–Trinajstić information content (AvgIpc) is 2.84. The topological polar surface area (TPSA) is 17.1 Å². The van der Waals surface area contributed by atoms with Crippen molar-refractivity contribution in [3.8, 4) is 0 Å². The Hall–Kier alpha value is -0.590. The second-order valence-corrected chi connectivity index (χ2v) is 9.32. The number of carbonyl (C=O) groups is 1. The third-order valence-electron chi connectivity index (χ3n) is 8.65. The number of rotatable bonds is 1. The van der Waals surface area contributed by atoms with Crippen molar-refractivity contribution in [2.75, 3.05) is 0 Å². The van der Waals surface area contributed by atoms with Gasteiger partial charge in [0.2, 0.25) is 0 Å². The summed E-state index contributed by atoms with van der Waals surface area (Å²) >= 11 is 0. The van der Waals surface area contributed by atoms with Gasteiger partial charge in [-0.25, -0.2) is 0 Å². The summed E-state index contributed by atoms with van der Waals surface area (Å²) in [6.45, 7) is 6.90. The molecule has 122 valence electrons. The van der Waals surface area contributed by atoms with E-state index in [9.17, 15) is 4.79 Å². The van der Waals surface area contributed by atoms with E-state index in [1.807, 2.05) is 6.92 Å². The molecule has 0 amide bonds. The van der Waals surface area contributed by atoms with E-state index in [0.717, 1.165) is 23.7 Å². The first-order valence-electron chi connectivity index (χ1n) is 9.64. The van der Waals surface area contributed by atoms with E-state index in [-0.39, 0.29) is 0 Å². The number of Topliss-reactive ketones (excluding diaryl/α,β-unsaturated/α-hetero) is 1. The molecule has 0 saturated heterocycles. The highest BCUT2D eigenvalue weighted by molar-refractivity contribution is 5.79. The van der Waals surface area contributed by atoms with Crippen LogP contribution in [0.2, 0.25) is 0 Å². The Kier molecular flexibility index (Phi) is 3.37. The van der Waals surface area contributed by atoms with Gasteiger partial charge in [-0.3, -0.25) is 4.79 Å². The van der Waals surface area contributed by atoms with E-state index in [4.69, 9.17) is 0 Å². The van der Waals surface area contributed by atoms with Crippen LogP contribution < -0.4 is 0 Å². The van der Waals surface area contributed by atoms with Crippen molar-refractivity contribution in [1.29, 1.82) is 0 Å². The molecular formula is C21H32O. The minimum atomic E-state index is 0.320. The Morgan fingerprint density at radius 3 is 2.50 bits per heavy atom. The fourth-order valence-electron chi connectivity index (χ4n) is 7.49. The van der Waals surface area contributed by atoms with Crippen LogP contribution >= 0.6 is 0 Å². The first kappa shape index (κ1) is 15.0. The summed E-state index contributed by atoms with van der Waals surface area (Å²) in [7, 11) is 0. The van der Waals surface area contributed by atoms with E-state index in [1.165, 1.54) is 51.4 Å². The van der Waals surface area contributed by atoms with Crippen LogP contribution in [0.4, 0.5) is 0 Å². The molecule has 4 aliphatic carbocycles. The van der Waals surface area contributed by atoms with Gasteiger partial charge in [0, 0.05) is 5.92 Å². The lowest BCUT2D eigenvalue weighted by molar-refractivity contribution is -0.130. The van der Waals surface area contributed by atoms with Crippen LogP contribution in [0.1, 0.15) is 72.1 Å². The molecule has 0 heterocycles. The number of carbonyl (C=O) groups excluding carboxylic acids is 1. The van der Waals surface area contributed by atoms with Crippen LogP contribution in [0.5, 0.6) is 0 Å². The van der Waals surface area contributed by atoms with Crippen molar-refractivity contribution in [3.63, 3.8) is 0 Å².